The Labute approximate surface area is 199 Å². The molecule has 0 heterocycles. The van der Waals surface area contributed by atoms with E-state index in [-0.39, 0.29) is 28.2 Å². The number of amides is 2. The van der Waals surface area contributed by atoms with Crippen molar-refractivity contribution in [1.82, 2.24) is 10.2 Å². The van der Waals surface area contributed by atoms with Crippen LogP contribution in [-0.2, 0) is 26.2 Å². The number of hydrogen-bond acceptors (Lipinski definition) is 4. The Hall–Kier alpha value is -2.29. The molecule has 0 aliphatic carbocycles. The average molecular weight is 500 g/mol. The van der Waals surface area contributed by atoms with E-state index < -0.39 is 28.5 Å². The number of nitrogens with zero attached hydrogens (tertiary/aromatic N) is 2. The molecule has 1 N–H and O–H groups in total. The number of nitrogens with one attached hydrogen (secondary N) is 1. The lowest BCUT2D eigenvalue weighted by atomic mass is 10.1. The molecule has 0 saturated carbocycles. The van der Waals surface area contributed by atoms with E-state index in [4.69, 9.17) is 23.2 Å². The molecule has 1 atom stereocenters. The van der Waals surface area contributed by atoms with Crippen LogP contribution in [0.4, 0.5) is 5.69 Å². The standard InChI is InChI=1S/C22H27Cl2N3O4S/c1-5-19(22(29)25-3)26(13-16-8-6-15(2)7-9-16)21(28)14-27(32(4,30)31)20-12-17(23)10-11-18(20)24/h6-12,19H,5,13-14H2,1-4H3,(H,25,29)/t19-/m0/s1. The van der Waals surface area contributed by atoms with Gasteiger partial charge < -0.3 is 10.2 Å². The van der Waals surface area contributed by atoms with Crippen LogP contribution in [-0.4, -0.2) is 51.0 Å². The summed E-state index contributed by atoms with van der Waals surface area (Å²) in [7, 11) is -2.39. The second kappa shape index (κ2) is 11.0. The number of anilines is 1. The van der Waals surface area contributed by atoms with Gasteiger partial charge in [-0.3, -0.25) is 13.9 Å². The Kier molecular flexibility index (Phi) is 8.95. The van der Waals surface area contributed by atoms with E-state index in [1.54, 1.807) is 6.92 Å². The molecule has 2 amide bonds. The number of aryl methyl sites for hydroxylation is 1. The summed E-state index contributed by atoms with van der Waals surface area (Å²) in [5.74, 6) is -0.873. The summed E-state index contributed by atoms with van der Waals surface area (Å²) >= 11 is 12.2. The largest absolute Gasteiger partial charge is 0.357 e. The summed E-state index contributed by atoms with van der Waals surface area (Å²) in [4.78, 5) is 27.3. The van der Waals surface area contributed by atoms with Gasteiger partial charge in [0.2, 0.25) is 21.8 Å². The molecular formula is C22H27Cl2N3O4S. The molecule has 7 nitrogen and oxygen atoms in total. The zero-order chi connectivity index (χ0) is 24.1. The SMILES string of the molecule is CC[C@@H](C(=O)NC)N(Cc1ccc(C)cc1)C(=O)CN(c1cc(Cl)ccc1Cl)S(C)(=O)=O. The molecule has 174 valence electrons. The minimum absolute atomic E-state index is 0.0956. The van der Waals surface area contributed by atoms with Gasteiger partial charge in [-0.05, 0) is 37.1 Å². The minimum atomic E-state index is -3.88. The molecule has 0 fully saturated rings. The zero-order valence-corrected chi connectivity index (χ0v) is 20.8. The normalized spacial score (nSPS) is 12.2. The first-order valence-corrected chi connectivity index (χ1v) is 12.6. The highest BCUT2D eigenvalue weighted by atomic mass is 35.5. The van der Waals surface area contributed by atoms with Gasteiger partial charge in [-0.15, -0.1) is 0 Å². The number of carbonyl (C=O) groups is 2. The third-order valence-electron chi connectivity index (χ3n) is 4.96. The van der Waals surface area contributed by atoms with E-state index in [9.17, 15) is 18.0 Å². The molecule has 2 rings (SSSR count). The van der Waals surface area contributed by atoms with Crippen molar-refractivity contribution in [2.75, 3.05) is 24.2 Å². The van der Waals surface area contributed by atoms with E-state index in [0.29, 0.717) is 6.42 Å². The quantitative estimate of drug-likeness (QED) is 0.570. The lowest BCUT2D eigenvalue weighted by Crippen LogP contribution is -2.51. The highest BCUT2D eigenvalue weighted by Crippen LogP contribution is 2.31. The fourth-order valence-electron chi connectivity index (χ4n) is 3.25. The smallest absolute Gasteiger partial charge is 0.244 e. The van der Waals surface area contributed by atoms with Gasteiger partial charge >= 0.3 is 0 Å². The van der Waals surface area contributed by atoms with Crippen LogP contribution in [0.25, 0.3) is 0 Å². The van der Waals surface area contributed by atoms with Crippen LogP contribution in [0, 0.1) is 6.92 Å². The fraction of sp³-hybridized carbons (Fsp3) is 0.364. The Balaban J connectivity index is 2.46. The Bertz CT molecular complexity index is 1080. The first-order valence-electron chi connectivity index (χ1n) is 9.97. The van der Waals surface area contributed by atoms with Crippen molar-refractivity contribution in [2.45, 2.75) is 32.9 Å². The molecule has 0 aromatic heterocycles. The van der Waals surface area contributed by atoms with Crippen molar-refractivity contribution in [2.24, 2.45) is 0 Å². The molecule has 0 aliphatic heterocycles. The Morgan fingerprint density at radius 3 is 2.25 bits per heavy atom. The number of rotatable bonds is 9. The molecular weight excluding hydrogens is 473 g/mol. The maximum atomic E-state index is 13.4. The van der Waals surface area contributed by atoms with Gasteiger partial charge in [-0.25, -0.2) is 8.42 Å². The van der Waals surface area contributed by atoms with Gasteiger partial charge in [0, 0.05) is 18.6 Å². The van der Waals surface area contributed by atoms with E-state index >= 15 is 0 Å². The second-order valence-corrected chi connectivity index (χ2v) is 10.2. The van der Waals surface area contributed by atoms with Crippen molar-refractivity contribution in [3.05, 3.63) is 63.6 Å². The topological polar surface area (TPSA) is 86.8 Å². The van der Waals surface area contributed by atoms with Crippen molar-refractivity contribution in [3.63, 3.8) is 0 Å². The molecule has 0 aliphatic rings. The predicted molar refractivity (Wildman–Crippen MR) is 129 cm³/mol. The van der Waals surface area contributed by atoms with Crippen LogP contribution in [0.5, 0.6) is 0 Å². The molecule has 0 bridgehead atoms. The monoisotopic (exact) mass is 499 g/mol. The number of sulfonamides is 1. The number of hydrogen-bond donors (Lipinski definition) is 1. The van der Waals surface area contributed by atoms with Crippen LogP contribution in [0.3, 0.4) is 0 Å². The Morgan fingerprint density at radius 2 is 1.72 bits per heavy atom. The van der Waals surface area contributed by atoms with Gasteiger partial charge in [0.15, 0.2) is 0 Å². The summed E-state index contributed by atoms with van der Waals surface area (Å²) in [6, 6.07) is 11.2. The van der Waals surface area contributed by atoms with E-state index in [2.05, 4.69) is 5.32 Å². The third kappa shape index (κ3) is 6.60. The third-order valence-corrected chi connectivity index (χ3v) is 6.64. The van der Waals surface area contributed by atoms with E-state index in [1.807, 2.05) is 31.2 Å². The summed E-state index contributed by atoms with van der Waals surface area (Å²) < 4.78 is 26.0. The molecule has 2 aromatic rings. The van der Waals surface area contributed by atoms with Crippen LogP contribution in [0.15, 0.2) is 42.5 Å². The number of halogens is 2. The second-order valence-electron chi connectivity index (χ2n) is 7.41. The zero-order valence-electron chi connectivity index (χ0n) is 18.4. The molecule has 2 aromatic carbocycles. The summed E-state index contributed by atoms with van der Waals surface area (Å²) in [6.07, 6.45) is 1.34. The van der Waals surface area contributed by atoms with E-state index in [1.165, 1.54) is 30.1 Å². The molecule has 0 spiro atoms. The average Bonchev–Trinajstić information content (AvgIpc) is 2.73. The lowest BCUT2D eigenvalue weighted by Gasteiger charge is -2.32. The van der Waals surface area contributed by atoms with Gasteiger partial charge in [0.05, 0.1) is 17.0 Å². The number of benzene rings is 2. The summed E-state index contributed by atoms with van der Waals surface area (Å²) in [5.41, 5.74) is 1.97. The Morgan fingerprint density at radius 1 is 1.09 bits per heavy atom. The molecule has 0 radical (unpaired) electrons. The molecule has 32 heavy (non-hydrogen) atoms. The van der Waals surface area contributed by atoms with Crippen LogP contribution >= 0.6 is 23.2 Å². The minimum Gasteiger partial charge on any atom is -0.357 e. The maximum absolute atomic E-state index is 13.4. The first kappa shape index (κ1) is 26.0. The van der Waals surface area contributed by atoms with Crippen molar-refractivity contribution in [1.29, 1.82) is 0 Å². The highest BCUT2D eigenvalue weighted by Gasteiger charge is 2.32. The summed E-state index contributed by atoms with van der Waals surface area (Å²) in [5, 5.41) is 2.99. The van der Waals surface area contributed by atoms with Crippen LogP contribution < -0.4 is 9.62 Å². The number of carbonyl (C=O) groups excluding carboxylic acids is 2. The fourth-order valence-corrected chi connectivity index (χ4v) is 4.54. The van der Waals surface area contributed by atoms with E-state index in [0.717, 1.165) is 21.7 Å². The van der Waals surface area contributed by atoms with Crippen molar-refractivity contribution in [3.8, 4) is 0 Å². The molecule has 0 unspecified atom stereocenters. The molecule has 0 saturated heterocycles. The van der Waals surface area contributed by atoms with Crippen LogP contribution in [0.2, 0.25) is 10.0 Å². The van der Waals surface area contributed by atoms with Crippen molar-refractivity contribution < 1.29 is 18.0 Å². The van der Waals surface area contributed by atoms with Gasteiger partial charge in [0.25, 0.3) is 0 Å². The summed E-state index contributed by atoms with van der Waals surface area (Å²) in [6.45, 7) is 3.35. The first-order chi connectivity index (χ1) is 15.0. The van der Waals surface area contributed by atoms with Gasteiger partial charge in [0.1, 0.15) is 12.6 Å². The predicted octanol–water partition coefficient (Wildman–Crippen LogP) is 3.62. The highest BCUT2D eigenvalue weighted by molar-refractivity contribution is 7.92. The van der Waals surface area contributed by atoms with Crippen LogP contribution in [0.1, 0.15) is 24.5 Å². The van der Waals surface area contributed by atoms with Crippen molar-refractivity contribution >= 4 is 50.7 Å². The van der Waals surface area contributed by atoms with Gasteiger partial charge in [-0.1, -0.05) is 60.0 Å². The molecule has 10 heteroatoms. The number of likely N-dealkylation sites (N-methyl/N-ethyl adjacent to an activating group) is 1. The lowest BCUT2D eigenvalue weighted by molar-refractivity contribution is -0.140. The van der Waals surface area contributed by atoms with Gasteiger partial charge in [-0.2, -0.15) is 0 Å². The maximum Gasteiger partial charge on any atom is 0.244 e.